The largest absolute Gasteiger partial charge is 0.494 e. The van der Waals surface area contributed by atoms with Gasteiger partial charge in [0.2, 0.25) is 0 Å². The molecule has 3 aromatic rings. The second-order valence-corrected chi connectivity index (χ2v) is 8.43. The Labute approximate surface area is 206 Å². The van der Waals surface area contributed by atoms with Gasteiger partial charge < -0.3 is 14.2 Å². The molecule has 1 saturated heterocycles. The van der Waals surface area contributed by atoms with E-state index in [2.05, 4.69) is 9.88 Å². The molecule has 11 heteroatoms. The molecule has 0 unspecified atom stereocenters. The maximum Gasteiger partial charge on any atom is 0.266 e. The lowest BCUT2D eigenvalue weighted by atomic mass is 10.3. The number of nitrogens with zero attached hydrogens (tertiary/aromatic N) is 3. The molecular weight excluding hydrogens is 488 g/mol. The molecule has 0 atom stereocenters. The summed E-state index contributed by atoms with van der Waals surface area (Å²) in [5, 5.41) is 0.308. The lowest BCUT2D eigenvalue weighted by Crippen LogP contribution is -2.44. The quantitative estimate of drug-likeness (QED) is 0.428. The van der Waals surface area contributed by atoms with Crippen molar-refractivity contribution >= 4 is 45.0 Å². The van der Waals surface area contributed by atoms with Crippen LogP contribution in [0.3, 0.4) is 0 Å². The molecular formula is C23H26ClF2N3O4S. The van der Waals surface area contributed by atoms with Gasteiger partial charge in [-0.2, -0.15) is 0 Å². The average molecular weight is 514 g/mol. The van der Waals surface area contributed by atoms with Gasteiger partial charge in [0.05, 0.1) is 24.5 Å². The summed E-state index contributed by atoms with van der Waals surface area (Å²) in [5.74, 6) is -0.514. The molecule has 184 valence electrons. The standard InChI is InChI=1S/C23H25F2N3O4S.ClH/c1-2-31-17-3-5-18(6-4-17)32-15-21(29)28(8-7-27-9-11-30-12-10-27)23-26-22-19(25)13-16(24)14-20(22)33-23;/h3-6,13-14H,2,7-12,15H2,1H3;1H. The third kappa shape index (κ3) is 6.53. The molecule has 7 nitrogen and oxygen atoms in total. The van der Waals surface area contributed by atoms with Crippen LogP contribution in [0.1, 0.15) is 6.92 Å². The molecule has 1 fully saturated rings. The molecule has 1 aliphatic heterocycles. The minimum atomic E-state index is -0.751. The van der Waals surface area contributed by atoms with E-state index in [0.29, 0.717) is 54.2 Å². The molecule has 2 heterocycles. The van der Waals surface area contributed by atoms with Crippen molar-refractivity contribution in [3.8, 4) is 11.5 Å². The van der Waals surface area contributed by atoms with E-state index < -0.39 is 11.6 Å². The van der Waals surface area contributed by atoms with E-state index in [-0.39, 0.29) is 30.4 Å². The van der Waals surface area contributed by atoms with Crippen LogP contribution in [0, 0.1) is 11.6 Å². The number of carbonyl (C=O) groups is 1. The summed E-state index contributed by atoms with van der Waals surface area (Å²) >= 11 is 1.08. The highest BCUT2D eigenvalue weighted by Crippen LogP contribution is 2.31. The van der Waals surface area contributed by atoms with Crippen LogP contribution < -0.4 is 14.4 Å². The number of fused-ring (bicyclic) bond motifs is 1. The average Bonchev–Trinajstić information content (AvgIpc) is 3.23. The number of thiazole rings is 1. The second-order valence-electron chi connectivity index (χ2n) is 7.42. The molecule has 0 saturated carbocycles. The monoisotopic (exact) mass is 513 g/mol. The topological polar surface area (TPSA) is 64.1 Å². The summed E-state index contributed by atoms with van der Waals surface area (Å²) in [5.41, 5.74) is 0.0491. The fourth-order valence-corrected chi connectivity index (χ4v) is 4.52. The minimum absolute atomic E-state index is 0. The van der Waals surface area contributed by atoms with E-state index in [9.17, 15) is 13.6 Å². The smallest absolute Gasteiger partial charge is 0.266 e. The Morgan fingerprint density at radius 1 is 1.15 bits per heavy atom. The summed E-state index contributed by atoms with van der Waals surface area (Å²) in [6.45, 7) is 6.00. The molecule has 0 radical (unpaired) electrons. The zero-order chi connectivity index (χ0) is 23.2. The number of rotatable bonds is 9. The Hall–Kier alpha value is -2.53. The first-order valence-corrected chi connectivity index (χ1v) is 11.6. The maximum absolute atomic E-state index is 14.2. The minimum Gasteiger partial charge on any atom is -0.494 e. The van der Waals surface area contributed by atoms with Crippen LogP contribution in [0.5, 0.6) is 11.5 Å². The predicted molar refractivity (Wildman–Crippen MR) is 130 cm³/mol. The van der Waals surface area contributed by atoms with Gasteiger partial charge in [-0.3, -0.25) is 14.6 Å². The Morgan fingerprint density at radius 2 is 1.82 bits per heavy atom. The van der Waals surface area contributed by atoms with E-state index in [1.807, 2.05) is 6.92 Å². The number of ether oxygens (including phenoxy) is 3. The number of amides is 1. The zero-order valence-corrected chi connectivity index (χ0v) is 20.3. The second kappa shape index (κ2) is 12.3. The Morgan fingerprint density at radius 3 is 2.50 bits per heavy atom. The Bertz CT molecular complexity index is 1090. The molecule has 34 heavy (non-hydrogen) atoms. The van der Waals surface area contributed by atoms with E-state index >= 15 is 0 Å². The molecule has 0 bridgehead atoms. The normalized spacial score (nSPS) is 14.0. The maximum atomic E-state index is 14.2. The van der Waals surface area contributed by atoms with Crippen molar-refractivity contribution in [1.82, 2.24) is 9.88 Å². The number of halogens is 3. The molecule has 2 aromatic carbocycles. The number of aromatic nitrogens is 1. The SMILES string of the molecule is CCOc1ccc(OCC(=O)N(CCN2CCOCC2)c2nc3c(F)cc(F)cc3s2)cc1.Cl. The lowest BCUT2D eigenvalue weighted by Gasteiger charge is -2.29. The first kappa shape index (κ1) is 26.1. The zero-order valence-electron chi connectivity index (χ0n) is 18.7. The summed E-state index contributed by atoms with van der Waals surface area (Å²) in [4.78, 5) is 21.1. The van der Waals surface area contributed by atoms with Gasteiger partial charge in [0.1, 0.15) is 22.8 Å². The highest BCUT2D eigenvalue weighted by molar-refractivity contribution is 7.22. The first-order chi connectivity index (χ1) is 16.0. The van der Waals surface area contributed by atoms with Gasteiger partial charge in [-0.1, -0.05) is 11.3 Å². The molecule has 4 rings (SSSR count). The van der Waals surface area contributed by atoms with E-state index in [0.717, 1.165) is 30.5 Å². The first-order valence-electron chi connectivity index (χ1n) is 10.7. The van der Waals surface area contributed by atoms with Crippen molar-refractivity contribution in [2.45, 2.75) is 6.92 Å². The van der Waals surface area contributed by atoms with Crippen LogP contribution in [-0.2, 0) is 9.53 Å². The van der Waals surface area contributed by atoms with Crippen LogP contribution in [0.2, 0.25) is 0 Å². The van der Waals surface area contributed by atoms with Crippen LogP contribution in [-0.4, -0.2) is 68.4 Å². The summed E-state index contributed by atoms with van der Waals surface area (Å²) in [7, 11) is 0. The number of hydrogen-bond acceptors (Lipinski definition) is 7. The fraction of sp³-hybridized carbons (Fsp3) is 0.391. The van der Waals surface area contributed by atoms with E-state index in [1.54, 1.807) is 24.3 Å². The molecule has 0 spiro atoms. The summed E-state index contributed by atoms with van der Waals surface area (Å²) < 4.78 is 44.7. The van der Waals surface area contributed by atoms with Gasteiger partial charge in [-0.15, -0.1) is 12.4 Å². The Balaban J connectivity index is 0.00000324. The van der Waals surface area contributed by atoms with Gasteiger partial charge in [-0.25, -0.2) is 13.8 Å². The number of carbonyl (C=O) groups excluding carboxylic acids is 1. The molecule has 1 aromatic heterocycles. The Kier molecular flexibility index (Phi) is 9.40. The van der Waals surface area contributed by atoms with E-state index in [1.165, 1.54) is 11.0 Å². The van der Waals surface area contributed by atoms with Crippen LogP contribution in [0.25, 0.3) is 10.2 Å². The highest BCUT2D eigenvalue weighted by Gasteiger charge is 2.23. The van der Waals surface area contributed by atoms with Crippen molar-refractivity contribution in [3.63, 3.8) is 0 Å². The molecule has 1 amide bonds. The lowest BCUT2D eigenvalue weighted by molar-refractivity contribution is -0.120. The summed E-state index contributed by atoms with van der Waals surface area (Å²) in [6, 6.07) is 9.01. The molecule has 1 aliphatic rings. The van der Waals surface area contributed by atoms with Crippen molar-refractivity contribution in [2.75, 3.05) is 57.5 Å². The fourth-order valence-electron chi connectivity index (χ4n) is 3.48. The van der Waals surface area contributed by atoms with Gasteiger partial charge in [0.15, 0.2) is 17.6 Å². The van der Waals surface area contributed by atoms with Crippen LogP contribution in [0.4, 0.5) is 13.9 Å². The third-order valence-corrected chi connectivity index (χ3v) is 6.20. The third-order valence-electron chi connectivity index (χ3n) is 5.17. The number of benzene rings is 2. The van der Waals surface area contributed by atoms with Gasteiger partial charge in [0, 0.05) is 32.2 Å². The van der Waals surface area contributed by atoms with Crippen molar-refractivity contribution in [1.29, 1.82) is 0 Å². The number of morpholine rings is 1. The highest BCUT2D eigenvalue weighted by atomic mass is 35.5. The van der Waals surface area contributed by atoms with Gasteiger partial charge >= 0.3 is 0 Å². The van der Waals surface area contributed by atoms with Crippen LogP contribution in [0.15, 0.2) is 36.4 Å². The van der Waals surface area contributed by atoms with E-state index in [4.69, 9.17) is 14.2 Å². The van der Waals surface area contributed by atoms with Crippen molar-refractivity contribution in [2.24, 2.45) is 0 Å². The number of anilines is 1. The van der Waals surface area contributed by atoms with Crippen LogP contribution >= 0.6 is 23.7 Å². The van der Waals surface area contributed by atoms with Crippen molar-refractivity contribution in [3.05, 3.63) is 48.0 Å². The predicted octanol–water partition coefficient (Wildman–Crippen LogP) is 4.14. The van der Waals surface area contributed by atoms with Gasteiger partial charge in [0.25, 0.3) is 5.91 Å². The van der Waals surface area contributed by atoms with Crippen molar-refractivity contribution < 1.29 is 27.8 Å². The molecule has 0 aliphatic carbocycles. The van der Waals surface area contributed by atoms with Gasteiger partial charge in [-0.05, 0) is 37.3 Å². The molecule has 0 N–H and O–H groups in total. The number of hydrogen-bond donors (Lipinski definition) is 0. The summed E-state index contributed by atoms with van der Waals surface area (Å²) in [6.07, 6.45) is 0.